The summed E-state index contributed by atoms with van der Waals surface area (Å²) >= 11 is 0. The summed E-state index contributed by atoms with van der Waals surface area (Å²) in [5.74, 6) is -0.134. The van der Waals surface area contributed by atoms with Crippen molar-refractivity contribution in [2.24, 2.45) is 0 Å². The van der Waals surface area contributed by atoms with E-state index in [1.807, 2.05) is 6.08 Å². The van der Waals surface area contributed by atoms with Gasteiger partial charge in [0.25, 0.3) is 0 Å². The molecule has 0 aliphatic heterocycles. The lowest BCUT2D eigenvalue weighted by Crippen LogP contribution is -2.45. The monoisotopic (exact) mass is 816 g/mol. The number of esters is 1. The van der Waals surface area contributed by atoms with Gasteiger partial charge in [0.2, 0.25) is 5.91 Å². The lowest BCUT2D eigenvalue weighted by atomic mass is 10.1. The second-order valence-electron chi connectivity index (χ2n) is 17.1. The Morgan fingerprint density at radius 3 is 1.22 bits per heavy atom. The van der Waals surface area contributed by atoms with Crippen LogP contribution in [0.25, 0.3) is 0 Å². The fourth-order valence-corrected chi connectivity index (χ4v) is 7.44. The number of aliphatic hydroxyl groups is 2. The van der Waals surface area contributed by atoms with Crippen molar-refractivity contribution >= 4 is 11.9 Å². The number of amides is 1. The van der Waals surface area contributed by atoms with Crippen molar-refractivity contribution in [3.8, 4) is 0 Å². The first-order valence-electron chi connectivity index (χ1n) is 25.3. The highest BCUT2D eigenvalue weighted by atomic mass is 16.5. The molecule has 0 radical (unpaired) electrons. The van der Waals surface area contributed by atoms with Gasteiger partial charge in [-0.1, -0.05) is 198 Å². The van der Waals surface area contributed by atoms with Crippen LogP contribution in [0.2, 0.25) is 0 Å². The molecule has 0 saturated heterocycles. The number of aliphatic hydroxyl groups excluding tert-OH is 2. The van der Waals surface area contributed by atoms with Crippen LogP contribution in [0.15, 0.2) is 36.5 Å². The molecule has 0 aromatic carbocycles. The Balaban J connectivity index is 3.51. The first-order valence-corrected chi connectivity index (χ1v) is 25.3. The quantitative estimate of drug-likeness (QED) is 0.0323. The van der Waals surface area contributed by atoms with E-state index in [0.717, 1.165) is 83.5 Å². The maximum absolute atomic E-state index is 12.4. The summed E-state index contributed by atoms with van der Waals surface area (Å²) < 4.78 is 5.44. The van der Waals surface area contributed by atoms with Crippen molar-refractivity contribution in [3.63, 3.8) is 0 Å². The van der Waals surface area contributed by atoms with Gasteiger partial charge in [0, 0.05) is 12.8 Å². The number of allylic oxidation sites excluding steroid dienone is 5. The van der Waals surface area contributed by atoms with Crippen molar-refractivity contribution in [1.29, 1.82) is 0 Å². The minimum atomic E-state index is -0.861. The molecule has 2 atom stereocenters. The molecule has 0 aliphatic carbocycles. The molecular weight excluding hydrogens is 719 g/mol. The Morgan fingerprint density at radius 2 is 0.810 bits per heavy atom. The van der Waals surface area contributed by atoms with E-state index in [2.05, 4.69) is 43.5 Å². The predicted molar refractivity (Wildman–Crippen MR) is 250 cm³/mol. The molecular formula is C52H97NO5. The first-order chi connectivity index (χ1) is 28.5. The van der Waals surface area contributed by atoms with E-state index in [-0.39, 0.29) is 18.5 Å². The first kappa shape index (κ1) is 56.1. The maximum atomic E-state index is 12.4. The summed E-state index contributed by atoms with van der Waals surface area (Å²) in [4.78, 5) is 24.4. The molecule has 0 aliphatic rings. The standard InChI is InChI=1S/C52H97NO5/c1-3-5-7-9-11-13-15-16-17-18-19-20-21-22-26-30-34-38-42-46-52(57)58-47-43-39-35-31-27-23-25-29-33-37-41-45-51(56)53-49(48-54)50(55)44-40-36-32-28-24-14-12-10-8-6-4-2/h16-17,27,31,40,44,49-50,54-55H,3-15,18-26,28-30,32-39,41-43,45-48H2,1-2H3,(H,53,56)/b17-16-,31-27-,44-40+. The highest BCUT2D eigenvalue weighted by Gasteiger charge is 2.18. The molecule has 0 aromatic heterocycles. The van der Waals surface area contributed by atoms with Gasteiger partial charge in [0.1, 0.15) is 0 Å². The molecule has 0 saturated carbocycles. The fourth-order valence-electron chi connectivity index (χ4n) is 7.44. The molecule has 2 unspecified atom stereocenters. The van der Waals surface area contributed by atoms with Crippen molar-refractivity contribution < 1.29 is 24.5 Å². The molecule has 58 heavy (non-hydrogen) atoms. The molecule has 0 bridgehead atoms. The topological polar surface area (TPSA) is 95.9 Å². The number of carbonyl (C=O) groups excluding carboxylic acids is 2. The van der Waals surface area contributed by atoms with Crippen LogP contribution in [0.5, 0.6) is 0 Å². The van der Waals surface area contributed by atoms with E-state index in [1.165, 1.54) is 148 Å². The number of hydrogen-bond donors (Lipinski definition) is 3. The van der Waals surface area contributed by atoms with Gasteiger partial charge in [-0.25, -0.2) is 0 Å². The van der Waals surface area contributed by atoms with Gasteiger partial charge in [-0.05, 0) is 83.5 Å². The van der Waals surface area contributed by atoms with Gasteiger partial charge in [0.05, 0.1) is 25.4 Å². The average Bonchev–Trinajstić information content (AvgIpc) is 3.22. The summed E-state index contributed by atoms with van der Waals surface area (Å²) in [5, 5.41) is 22.9. The normalized spacial score (nSPS) is 13.0. The maximum Gasteiger partial charge on any atom is 0.305 e. The third-order valence-corrected chi connectivity index (χ3v) is 11.4. The largest absolute Gasteiger partial charge is 0.466 e. The highest BCUT2D eigenvalue weighted by molar-refractivity contribution is 5.76. The SMILES string of the molecule is CCCCCCCC/C=C\CCCCCCCCCCCC(=O)OCCCC/C=C\CCCCCCCC(=O)NC(CO)C(O)/C=C/CCCCCCCCCCC. The van der Waals surface area contributed by atoms with E-state index in [1.54, 1.807) is 6.08 Å². The van der Waals surface area contributed by atoms with E-state index in [0.29, 0.717) is 19.4 Å². The van der Waals surface area contributed by atoms with E-state index in [9.17, 15) is 19.8 Å². The lowest BCUT2D eigenvalue weighted by molar-refractivity contribution is -0.143. The molecule has 0 aromatic rings. The molecule has 6 nitrogen and oxygen atoms in total. The fraction of sp³-hybridized carbons (Fsp3) is 0.846. The van der Waals surface area contributed by atoms with Crippen LogP contribution in [0.1, 0.15) is 258 Å². The van der Waals surface area contributed by atoms with Crippen LogP contribution in [-0.2, 0) is 14.3 Å². The Hall–Kier alpha value is -1.92. The van der Waals surface area contributed by atoms with Crippen LogP contribution in [0.3, 0.4) is 0 Å². The second-order valence-corrected chi connectivity index (χ2v) is 17.1. The lowest BCUT2D eigenvalue weighted by Gasteiger charge is -2.20. The Bertz CT molecular complexity index is 946. The zero-order valence-electron chi connectivity index (χ0n) is 38.5. The van der Waals surface area contributed by atoms with Crippen LogP contribution < -0.4 is 5.32 Å². The molecule has 340 valence electrons. The predicted octanol–water partition coefficient (Wildman–Crippen LogP) is 14.9. The second kappa shape index (κ2) is 47.8. The summed E-state index contributed by atoms with van der Waals surface area (Å²) in [6, 6.07) is -0.648. The van der Waals surface area contributed by atoms with Gasteiger partial charge in [-0.15, -0.1) is 0 Å². The minimum absolute atomic E-state index is 0.0344. The summed E-state index contributed by atoms with van der Waals surface area (Å²) in [7, 11) is 0. The zero-order chi connectivity index (χ0) is 42.3. The summed E-state index contributed by atoms with van der Waals surface area (Å²) in [5.41, 5.74) is 0. The van der Waals surface area contributed by atoms with Crippen LogP contribution >= 0.6 is 0 Å². The third-order valence-electron chi connectivity index (χ3n) is 11.4. The number of unbranched alkanes of at least 4 members (excludes halogenated alkanes) is 31. The van der Waals surface area contributed by atoms with E-state index in [4.69, 9.17) is 4.74 Å². The Morgan fingerprint density at radius 1 is 0.466 bits per heavy atom. The average molecular weight is 816 g/mol. The minimum Gasteiger partial charge on any atom is -0.466 e. The zero-order valence-corrected chi connectivity index (χ0v) is 38.5. The van der Waals surface area contributed by atoms with Crippen molar-refractivity contribution in [2.75, 3.05) is 13.2 Å². The Labute approximate surface area is 360 Å². The molecule has 1 amide bonds. The molecule has 0 fully saturated rings. The molecule has 0 rings (SSSR count). The Kier molecular flexibility index (Phi) is 46.2. The van der Waals surface area contributed by atoms with E-state index < -0.39 is 12.1 Å². The number of ether oxygens (including phenoxy) is 1. The molecule has 6 heteroatoms. The molecule has 0 spiro atoms. The summed E-state index contributed by atoms with van der Waals surface area (Å²) in [6.45, 7) is 4.80. The van der Waals surface area contributed by atoms with Gasteiger partial charge in [0.15, 0.2) is 0 Å². The van der Waals surface area contributed by atoms with Crippen LogP contribution in [0, 0.1) is 0 Å². The molecule has 3 N–H and O–H groups in total. The number of carbonyl (C=O) groups is 2. The van der Waals surface area contributed by atoms with Crippen molar-refractivity contribution in [2.45, 2.75) is 270 Å². The summed E-state index contributed by atoms with van der Waals surface area (Å²) in [6.07, 6.45) is 57.2. The van der Waals surface area contributed by atoms with Gasteiger partial charge in [-0.2, -0.15) is 0 Å². The number of rotatable bonds is 46. The van der Waals surface area contributed by atoms with Gasteiger partial charge >= 0.3 is 5.97 Å². The van der Waals surface area contributed by atoms with Gasteiger partial charge < -0.3 is 20.3 Å². The van der Waals surface area contributed by atoms with Crippen molar-refractivity contribution in [1.82, 2.24) is 5.32 Å². The van der Waals surface area contributed by atoms with E-state index >= 15 is 0 Å². The number of hydrogen-bond acceptors (Lipinski definition) is 5. The highest BCUT2D eigenvalue weighted by Crippen LogP contribution is 2.14. The molecule has 0 heterocycles. The van der Waals surface area contributed by atoms with Crippen molar-refractivity contribution in [3.05, 3.63) is 36.5 Å². The van der Waals surface area contributed by atoms with Gasteiger partial charge in [-0.3, -0.25) is 9.59 Å². The van der Waals surface area contributed by atoms with Crippen LogP contribution in [0.4, 0.5) is 0 Å². The number of nitrogens with one attached hydrogen (secondary N) is 1. The third kappa shape index (κ3) is 43.7. The van der Waals surface area contributed by atoms with Crippen LogP contribution in [-0.4, -0.2) is 47.4 Å². The smallest absolute Gasteiger partial charge is 0.305 e.